The maximum atomic E-state index is 12.5. The lowest BCUT2D eigenvalue weighted by Crippen LogP contribution is -2.43. The third kappa shape index (κ3) is 4.07. The maximum absolute atomic E-state index is 12.5. The molecule has 0 saturated carbocycles. The fourth-order valence-corrected chi connectivity index (χ4v) is 3.15. The van der Waals surface area contributed by atoms with E-state index < -0.39 is 18.0 Å². The molecule has 0 heterocycles. The van der Waals surface area contributed by atoms with Crippen LogP contribution in [-0.2, 0) is 11.3 Å². The van der Waals surface area contributed by atoms with Crippen LogP contribution in [0.2, 0.25) is 0 Å². The summed E-state index contributed by atoms with van der Waals surface area (Å²) in [6, 6.07) is 22.2. The number of fused-ring (bicyclic) bond motifs is 1. The molecule has 1 atom stereocenters. The first-order valence-electron chi connectivity index (χ1n) is 8.38. The summed E-state index contributed by atoms with van der Waals surface area (Å²) in [6.07, 6.45) is 0. The largest absolute Gasteiger partial charge is 0.351 e. The minimum atomic E-state index is -0.852. The number of nitrogens with two attached hydrogens (primary N) is 1. The summed E-state index contributed by atoms with van der Waals surface area (Å²) >= 11 is 0. The Morgan fingerprint density at radius 3 is 2.31 bits per heavy atom. The molecule has 0 aliphatic carbocycles. The average Bonchev–Trinajstić information content (AvgIpc) is 2.62. The number of amides is 3. The molecule has 5 nitrogen and oxygen atoms in total. The second-order valence-electron chi connectivity index (χ2n) is 6.26. The van der Waals surface area contributed by atoms with E-state index in [-0.39, 0.29) is 0 Å². The van der Waals surface area contributed by atoms with Gasteiger partial charge in [0.2, 0.25) is 5.91 Å². The fourth-order valence-electron chi connectivity index (χ4n) is 3.15. The summed E-state index contributed by atoms with van der Waals surface area (Å²) in [5.41, 5.74) is 7.02. The quantitative estimate of drug-likeness (QED) is 0.744. The second-order valence-corrected chi connectivity index (χ2v) is 6.26. The minimum absolute atomic E-state index is 0.438. The van der Waals surface area contributed by atoms with Crippen molar-refractivity contribution in [1.82, 2.24) is 10.2 Å². The van der Waals surface area contributed by atoms with E-state index in [9.17, 15) is 9.59 Å². The molecule has 0 aromatic heterocycles. The highest BCUT2D eigenvalue weighted by molar-refractivity contribution is 5.96. The third-order valence-electron chi connectivity index (χ3n) is 4.30. The molecule has 26 heavy (non-hydrogen) atoms. The molecule has 0 aliphatic heterocycles. The standard InChI is InChI=1S/C21H21N3O2/c1-24(14-15-11-12-16-7-5-6-10-18(16)13-15)19(20(25)23-21(22)26)17-8-3-2-4-9-17/h2-13,19H,14H2,1H3,(H3,22,23,25,26). The number of urea groups is 1. The van der Waals surface area contributed by atoms with Crippen LogP contribution in [0.5, 0.6) is 0 Å². The van der Waals surface area contributed by atoms with Crippen molar-refractivity contribution in [3.8, 4) is 0 Å². The van der Waals surface area contributed by atoms with Gasteiger partial charge in [-0.2, -0.15) is 0 Å². The van der Waals surface area contributed by atoms with E-state index in [0.717, 1.165) is 16.5 Å². The highest BCUT2D eigenvalue weighted by Crippen LogP contribution is 2.23. The predicted molar refractivity (Wildman–Crippen MR) is 102 cm³/mol. The van der Waals surface area contributed by atoms with E-state index in [2.05, 4.69) is 29.6 Å². The van der Waals surface area contributed by atoms with Gasteiger partial charge >= 0.3 is 6.03 Å². The van der Waals surface area contributed by atoms with Gasteiger partial charge in [-0.1, -0.05) is 66.7 Å². The zero-order valence-corrected chi connectivity index (χ0v) is 14.6. The Kier molecular flexibility index (Phi) is 5.29. The number of hydrogen-bond donors (Lipinski definition) is 2. The highest BCUT2D eigenvalue weighted by atomic mass is 16.2. The second kappa shape index (κ2) is 7.80. The summed E-state index contributed by atoms with van der Waals surface area (Å²) in [6.45, 7) is 0.552. The van der Waals surface area contributed by atoms with Crippen LogP contribution < -0.4 is 11.1 Å². The zero-order valence-electron chi connectivity index (χ0n) is 14.6. The first kappa shape index (κ1) is 17.6. The Balaban J connectivity index is 1.87. The number of benzene rings is 3. The van der Waals surface area contributed by atoms with Gasteiger partial charge in [-0.15, -0.1) is 0 Å². The lowest BCUT2D eigenvalue weighted by atomic mass is 10.0. The fraction of sp³-hybridized carbons (Fsp3) is 0.143. The number of hydrogen-bond acceptors (Lipinski definition) is 3. The van der Waals surface area contributed by atoms with Crippen molar-refractivity contribution in [2.45, 2.75) is 12.6 Å². The minimum Gasteiger partial charge on any atom is -0.351 e. The van der Waals surface area contributed by atoms with Gasteiger partial charge in [0.05, 0.1) is 0 Å². The number of rotatable bonds is 5. The average molecular weight is 347 g/mol. The van der Waals surface area contributed by atoms with Crippen LogP contribution in [0.3, 0.4) is 0 Å². The molecular formula is C21H21N3O2. The molecule has 1 unspecified atom stereocenters. The topological polar surface area (TPSA) is 75.4 Å². The summed E-state index contributed by atoms with van der Waals surface area (Å²) in [7, 11) is 1.85. The van der Waals surface area contributed by atoms with E-state index in [4.69, 9.17) is 5.73 Å². The van der Waals surface area contributed by atoms with Crippen LogP contribution in [0.1, 0.15) is 17.2 Å². The molecule has 3 aromatic carbocycles. The molecule has 5 heteroatoms. The van der Waals surface area contributed by atoms with Crippen LogP contribution in [0.25, 0.3) is 10.8 Å². The molecule has 3 rings (SSSR count). The van der Waals surface area contributed by atoms with E-state index in [0.29, 0.717) is 6.54 Å². The Morgan fingerprint density at radius 2 is 1.62 bits per heavy atom. The number of nitrogens with zero attached hydrogens (tertiary/aromatic N) is 1. The van der Waals surface area contributed by atoms with Gasteiger partial charge in [0.15, 0.2) is 0 Å². The first-order chi connectivity index (χ1) is 12.5. The van der Waals surface area contributed by atoms with E-state index in [1.807, 2.05) is 60.5 Å². The number of carbonyl (C=O) groups excluding carboxylic acids is 2. The summed E-state index contributed by atoms with van der Waals surface area (Å²) in [4.78, 5) is 25.6. The Morgan fingerprint density at radius 1 is 0.962 bits per heavy atom. The monoisotopic (exact) mass is 347 g/mol. The predicted octanol–water partition coefficient (Wildman–Crippen LogP) is 3.21. The van der Waals surface area contributed by atoms with Gasteiger partial charge in [-0.05, 0) is 35.0 Å². The number of likely N-dealkylation sites (N-methyl/N-ethyl adjacent to an activating group) is 1. The summed E-state index contributed by atoms with van der Waals surface area (Å²) in [5, 5.41) is 4.52. The third-order valence-corrected chi connectivity index (χ3v) is 4.30. The SMILES string of the molecule is CN(Cc1ccc2ccccc2c1)C(C(=O)NC(N)=O)c1ccccc1. The Hall–Kier alpha value is -3.18. The van der Waals surface area contributed by atoms with Gasteiger partial charge < -0.3 is 5.73 Å². The molecule has 3 aromatic rings. The Labute approximate surface area is 152 Å². The molecular weight excluding hydrogens is 326 g/mol. The van der Waals surface area contributed by atoms with Gasteiger partial charge in [0.25, 0.3) is 0 Å². The number of primary amides is 1. The van der Waals surface area contributed by atoms with E-state index in [1.165, 1.54) is 5.39 Å². The van der Waals surface area contributed by atoms with Crippen LogP contribution >= 0.6 is 0 Å². The molecule has 0 aliphatic rings. The smallest absolute Gasteiger partial charge is 0.318 e. The number of nitrogens with one attached hydrogen (secondary N) is 1. The van der Waals surface area contributed by atoms with Crippen LogP contribution in [0.4, 0.5) is 4.79 Å². The van der Waals surface area contributed by atoms with Gasteiger partial charge in [0.1, 0.15) is 6.04 Å². The van der Waals surface area contributed by atoms with Gasteiger partial charge in [0, 0.05) is 6.54 Å². The molecule has 132 valence electrons. The van der Waals surface area contributed by atoms with Crippen molar-refractivity contribution < 1.29 is 9.59 Å². The number of carbonyl (C=O) groups is 2. The first-order valence-corrected chi connectivity index (χ1v) is 8.38. The summed E-state index contributed by atoms with van der Waals surface area (Å²) in [5.74, 6) is -0.438. The van der Waals surface area contributed by atoms with Crippen molar-refractivity contribution in [3.63, 3.8) is 0 Å². The van der Waals surface area contributed by atoms with E-state index >= 15 is 0 Å². The molecule has 0 saturated heterocycles. The molecule has 3 N–H and O–H groups in total. The summed E-state index contributed by atoms with van der Waals surface area (Å²) < 4.78 is 0. The van der Waals surface area contributed by atoms with Gasteiger partial charge in [-0.3, -0.25) is 15.0 Å². The molecule has 0 bridgehead atoms. The maximum Gasteiger partial charge on any atom is 0.318 e. The van der Waals surface area contributed by atoms with Crippen molar-refractivity contribution in [3.05, 3.63) is 83.9 Å². The normalized spacial score (nSPS) is 12.1. The van der Waals surface area contributed by atoms with Crippen molar-refractivity contribution in [2.24, 2.45) is 5.73 Å². The lowest BCUT2D eigenvalue weighted by Gasteiger charge is -2.27. The van der Waals surface area contributed by atoms with Crippen LogP contribution in [-0.4, -0.2) is 23.9 Å². The zero-order chi connectivity index (χ0) is 18.5. The number of imide groups is 1. The van der Waals surface area contributed by atoms with Gasteiger partial charge in [-0.25, -0.2) is 4.79 Å². The Bertz CT molecular complexity index is 925. The molecule has 0 radical (unpaired) electrons. The van der Waals surface area contributed by atoms with E-state index in [1.54, 1.807) is 0 Å². The van der Waals surface area contributed by atoms with Crippen LogP contribution in [0.15, 0.2) is 72.8 Å². The highest BCUT2D eigenvalue weighted by Gasteiger charge is 2.26. The van der Waals surface area contributed by atoms with Crippen molar-refractivity contribution in [2.75, 3.05) is 7.05 Å². The lowest BCUT2D eigenvalue weighted by molar-refractivity contribution is -0.125. The van der Waals surface area contributed by atoms with Crippen molar-refractivity contribution in [1.29, 1.82) is 0 Å². The molecule has 0 spiro atoms. The molecule has 0 fully saturated rings. The molecule has 3 amide bonds. The van der Waals surface area contributed by atoms with Crippen molar-refractivity contribution >= 4 is 22.7 Å². The van der Waals surface area contributed by atoms with Crippen LogP contribution in [0, 0.1) is 0 Å².